The first-order valence-corrected chi connectivity index (χ1v) is 20.2. The molecule has 2 heterocycles. The Morgan fingerprint density at radius 3 is 1.66 bits per heavy atom. The molecule has 0 bridgehead atoms. The topological polar surface area (TPSA) is 21.9 Å². The molecule has 0 radical (unpaired) electrons. The quantitative estimate of drug-likeness (QED) is 0.172. The Morgan fingerprint density at radius 2 is 0.948 bits per heavy atom. The molecule has 58 heavy (non-hydrogen) atoms. The van der Waals surface area contributed by atoms with Crippen molar-refractivity contribution < 1.29 is 0 Å². The minimum Gasteiger partial charge on any atom is -0.376 e. The first-order valence-electron chi connectivity index (χ1n) is 20.2. The van der Waals surface area contributed by atoms with E-state index in [0.29, 0.717) is 0 Å². The molecule has 2 aromatic heterocycles. The average molecular weight is 744 g/mol. The summed E-state index contributed by atoms with van der Waals surface area (Å²) in [6, 6.07) is 68.6. The van der Waals surface area contributed by atoms with Crippen LogP contribution < -0.4 is 5.32 Å². The molecule has 0 aliphatic heterocycles. The Balaban J connectivity index is 1.07. The molecule has 1 atom stereocenters. The van der Waals surface area contributed by atoms with Crippen LogP contribution in [-0.2, 0) is 0 Å². The van der Waals surface area contributed by atoms with Crippen molar-refractivity contribution in [3.8, 4) is 44.8 Å². The lowest BCUT2D eigenvalue weighted by Crippen LogP contribution is -2.32. The van der Waals surface area contributed by atoms with Crippen molar-refractivity contribution in [3.05, 3.63) is 212 Å². The number of nitrogens with one attached hydrogen (secondary N) is 1. The summed E-state index contributed by atoms with van der Waals surface area (Å²) in [7, 11) is 0. The highest BCUT2D eigenvalue weighted by Crippen LogP contribution is 2.41. The van der Waals surface area contributed by atoms with Crippen molar-refractivity contribution in [3.63, 3.8) is 0 Å². The molecule has 8 aromatic carbocycles. The lowest BCUT2D eigenvalue weighted by atomic mass is 9.91. The molecule has 1 aliphatic carbocycles. The fourth-order valence-corrected chi connectivity index (χ4v) is 9.08. The Bertz CT molecular complexity index is 3240. The van der Waals surface area contributed by atoms with Gasteiger partial charge in [0.2, 0.25) is 0 Å². The van der Waals surface area contributed by atoms with Gasteiger partial charge in [-0.15, -0.1) is 0 Å². The van der Waals surface area contributed by atoms with Crippen LogP contribution in [0, 0.1) is 0 Å². The van der Waals surface area contributed by atoms with E-state index >= 15 is 0 Å². The summed E-state index contributed by atoms with van der Waals surface area (Å²) in [5.41, 5.74) is 15.2. The smallest absolute Gasteiger partial charge is 0.0565 e. The van der Waals surface area contributed by atoms with Crippen molar-refractivity contribution in [1.82, 2.24) is 9.13 Å². The molecule has 3 nitrogen and oxygen atoms in total. The van der Waals surface area contributed by atoms with Gasteiger partial charge >= 0.3 is 0 Å². The van der Waals surface area contributed by atoms with Crippen LogP contribution in [0.3, 0.4) is 0 Å². The van der Waals surface area contributed by atoms with Crippen molar-refractivity contribution in [2.45, 2.75) is 18.9 Å². The third kappa shape index (κ3) is 5.74. The average Bonchev–Trinajstić information content (AvgIpc) is 3.79. The molecule has 10 aromatic rings. The summed E-state index contributed by atoms with van der Waals surface area (Å²) in [5.74, 6) is 0. The van der Waals surface area contributed by atoms with E-state index in [9.17, 15) is 0 Å². The molecule has 1 unspecified atom stereocenters. The van der Waals surface area contributed by atoms with Gasteiger partial charge in [-0.2, -0.15) is 0 Å². The summed E-state index contributed by atoms with van der Waals surface area (Å²) < 4.78 is 4.79. The van der Waals surface area contributed by atoms with Crippen LogP contribution in [-0.4, -0.2) is 14.7 Å². The molecular formula is C55H41N3. The summed E-state index contributed by atoms with van der Waals surface area (Å²) in [5, 5.41) is 8.94. The predicted molar refractivity (Wildman–Crippen MR) is 246 cm³/mol. The van der Waals surface area contributed by atoms with Gasteiger partial charge in [-0.05, 0) is 114 Å². The molecule has 11 rings (SSSR count). The fraction of sp³-hybridized carbons (Fsp3) is 0.0545. The summed E-state index contributed by atoms with van der Waals surface area (Å²) in [6.45, 7) is 2.28. The number of rotatable bonds is 7. The Labute approximate surface area is 338 Å². The van der Waals surface area contributed by atoms with Crippen LogP contribution in [0.15, 0.2) is 212 Å². The summed E-state index contributed by atoms with van der Waals surface area (Å²) in [6.07, 6.45) is 9.73. The van der Waals surface area contributed by atoms with Gasteiger partial charge in [-0.3, -0.25) is 0 Å². The van der Waals surface area contributed by atoms with E-state index in [4.69, 9.17) is 0 Å². The van der Waals surface area contributed by atoms with Gasteiger partial charge in [0.1, 0.15) is 0 Å². The summed E-state index contributed by atoms with van der Waals surface area (Å²) in [4.78, 5) is 0. The highest BCUT2D eigenvalue weighted by Gasteiger charge is 2.23. The number of hydrogen-bond donors (Lipinski definition) is 1. The van der Waals surface area contributed by atoms with Crippen LogP contribution in [0.4, 0.5) is 5.69 Å². The van der Waals surface area contributed by atoms with Gasteiger partial charge in [0.15, 0.2) is 0 Å². The third-order valence-electron chi connectivity index (χ3n) is 11.9. The second-order valence-electron chi connectivity index (χ2n) is 15.7. The number of nitrogens with zero attached hydrogens (tertiary/aromatic N) is 2. The minimum absolute atomic E-state index is 0.197. The van der Waals surface area contributed by atoms with Crippen molar-refractivity contribution in [2.24, 2.45) is 0 Å². The van der Waals surface area contributed by atoms with E-state index in [-0.39, 0.29) is 5.54 Å². The molecule has 276 valence electrons. The molecule has 0 fully saturated rings. The lowest BCUT2D eigenvalue weighted by molar-refractivity contribution is 0.641. The van der Waals surface area contributed by atoms with E-state index in [1.807, 2.05) is 0 Å². The maximum atomic E-state index is 3.96. The van der Waals surface area contributed by atoms with Gasteiger partial charge in [0.25, 0.3) is 0 Å². The van der Waals surface area contributed by atoms with E-state index in [2.05, 4.69) is 234 Å². The normalized spacial score (nSPS) is 15.2. The van der Waals surface area contributed by atoms with Crippen molar-refractivity contribution in [2.75, 3.05) is 5.32 Å². The second-order valence-corrected chi connectivity index (χ2v) is 15.7. The van der Waals surface area contributed by atoms with Crippen LogP contribution in [0.5, 0.6) is 0 Å². The second kappa shape index (κ2) is 13.7. The molecule has 1 aliphatic rings. The zero-order valence-corrected chi connectivity index (χ0v) is 32.3. The number of benzene rings is 8. The number of aromatic nitrogens is 2. The third-order valence-corrected chi connectivity index (χ3v) is 11.9. The lowest BCUT2D eigenvalue weighted by Gasteiger charge is -2.30. The highest BCUT2D eigenvalue weighted by atomic mass is 15.0. The highest BCUT2D eigenvalue weighted by molar-refractivity contribution is 6.12. The van der Waals surface area contributed by atoms with Crippen LogP contribution in [0.1, 0.15) is 13.3 Å². The van der Waals surface area contributed by atoms with Gasteiger partial charge in [-0.1, -0.05) is 140 Å². The molecule has 0 saturated heterocycles. The number of hydrogen-bond acceptors (Lipinski definition) is 1. The van der Waals surface area contributed by atoms with Crippen molar-refractivity contribution in [1.29, 1.82) is 0 Å². The number of anilines is 1. The monoisotopic (exact) mass is 743 g/mol. The van der Waals surface area contributed by atoms with Gasteiger partial charge < -0.3 is 14.5 Å². The maximum absolute atomic E-state index is 3.96. The Morgan fingerprint density at radius 1 is 0.414 bits per heavy atom. The first kappa shape index (κ1) is 33.9. The maximum Gasteiger partial charge on any atom is 0.0565 e. The molecule has 0 saturated carbocycles. The van der Waals surface area contributed by atoms with E-state index in [1.54, 1.807) is 0 Å². The Kier molecular flexibility index (Phi) is 8.01. The fourth-order valence-electron chi connectivity index (χ4n) is 9.08. The number of fused-ring (bicyclic) bond motifs is 6. The predicted octanol–water partition coefficient (Wildman–Crippen LogP) is 14.6. The standard InChI is InChI=1S/C55H41N3/c1-55(32-13-4-14-33-55)56-50-29-26-40(35-47(50)42-28-31-53-49(37-42)46-23-9-11-24-51(46)57(53)43-19-7-3-8-20-43)41-27-30-54-48(36-41)45-22-10-12-25-52(45)58(54)44-21-15-18-39(34-44)38-16-5-2-6-17-38/h2-32,34-37,56H,33H2,1H3. The minimum atomic E-state index is -0.197. The van der Waals surface area contributed by atoms with E-state index in [0.717, 1.165) is 23.5 Å². The first-order chi connectivity index (χ1) is 28.6. The van der Waals surface area contributed by atoms with Gasteiger partial charge in [0, 0.05) is 44.2 Å². The van der Waals surface area contributed by atoms with Crippen LogP contribution >= 0.6 is 0 Å². The number of allylic oxidation sites excluding steroid dienone is 2. The van der Waals surface area contributed by atoms with Gasteiger partial charge in [-0.25, -0.2) is 0 Å². The molecule has 0 spiro atoms. The Hall–Kier alpha value is -7.36. The van der Waals surface area contributed by atoms with E-state index in [1.165, 1.54) is 77.0 Å². The molecule has 3 heteroatoms. The zero-order valence-electron chi connectivity index (χ0n) is 32.3. The molecule has 1 N–H and O–H groups in total. The largest absolute Gasteiger partial charge is 0.376 e. The molecular weight excluding hydrogens is 703 g/mol. The van der Waals surface area contributed by atoms with E-state index < -0.39 is 0 Å². The van der Waals surface area contributed by atoms with Crippen LogP contribution in [0.25, 0.3) is 88.4 Å². The number of para-hydroxylation sites is 3. The van der Waals surface area contributed by atoms with Crippen molar-refractivity contribution >= 4 is 49.3 Å². The zero-order chi connectivity index (χ0) is 38.6. The SMILES string of the molecule is CC1(Nc2ccc(-c3ccc4c(c3)c3ccccc3n4-c3cccc(-c4ccccc4)c3)cc2-c2ccc3c(c2)c2ccccc2n3-c2ccccc2)C=CC=CC1. The molecule has 0 amide bonds. The summed E-state index contributed by atoms with van der Waals surface area (Å²) >= 11 is 0. The van der Waals surface area contributed by atoms with Gasteiger partial charge in [0.05, 0.1) is 27.6 Å². The van der Waals surface area contributed by atoms with Crippen LogP contribution in [0.2, 0.25) is 0 Å².